The molecule has 0 spiro atoms. The summed E-state index contributed by atoms with van der Waals surface area (Å²) in [6, 6.07) is -0.215. The highest BCUT2D eigenvalue weighted by molar-refractivity contribution is 5.81. The number of carbonyl (C=O) groups excluding carboxylic acids is 1. The quantitative estimate of drug-likeness (QED) is 0.775. The average Bonchev–Trinajstić information content (AvgIpc) is 2.39. The molecule has 5 nitrogen and oxygen atoms in total. The number of likely N-dealkylation sites (tertiary alicyclic amines) is 1. The van der Waals surface area contributed by atoms with E-state index in [1.165, 1.54) is 6.42 Å². The van der Waals surface area contributed by atoms with Crippen LogP contribution >= 0.6 is 0 Å². The molecule has 0 radical (unpaired) electrons. The summed E-state index contributed by atoms with van der Waals surface area (Å²) in [6.45, 7) is 6.67. The highest BCUT2D eigenvalue weighted by Gasteiger charge is 2.26. The normalized spacial score (nSPS) is 17.8. The Morgan fingerprint density at radius 3 is 2.39 bits per heavy atom. The van der Waals surface area contributed by atoms with Crippen LogP contribution in [-0.4, -0.2) is 59.0 Å². The topological polar surface area (TPSA) is 60.9 Å². The van der Waals surface area contributed by atoms with E-state index in [-0.39, 0.29) is 18.4 Å². The highest BCUT2D eigenvalue weighted by Crippen LogP contribution is 2.12. The second-order valence-corrected chi connectivity index (χ2v) is 4.83. The highest BCUT2D eigenvalue weighted by atomic mass is 16.4. The average molecular weight is 256 g/mol. The van der Waals surface area contributed by atoms with Crippen molar-refractivity contribution in [1.82, 2.24) is 9.80 Å². The predicted octanol–water partition coefficient (Wildman–Crippen LogP) is 1.18. The van der Waals surface area contributed by atoms with Gasteiger partial charge in [-0.1, -0.05) is 6.92 Å². The van der Waals surface area contributed by atoms with E-state index in [4.69, 9.17) is 5.11 Å². The molecule has 0 bridgehead atoms. The second kappa shape index (κ2) is 7.36. The summed E-state index contributed by atoms with van der Waals surface area (Å²) in [5.41, 5.74) is 0. The monoisotopic (exact) mass is 256 g/mol. The molecule has 1 amide bonds. The molecular weight excluding hydrogens is 232 g/mol. The molecule has 0 aromatic carbocycles. The largest absolute Gasteiger partial charge is 0.481 e. The molecule has 1 heterocycles. The Kier molecular flexibility index (Phi) is 6.12. The summed E-state index contributed by atoms with van der Waals surface area (Å²) in [5.74, 6) is -0.673. The maximum atomic E-state index is 12.3. The Morgan fingerprint density at radius 2 is 1.89 bits per heavy atom. The van der Waals surface area contributed by atoms with Gasteiger partial charge in [0.1, 0.15) is 0 Å². The number of carboxylic acid groups (broad SMARTS) is 1. The Morgan fingerprint density at radius 1 is 1.28 bits per heavy atom. The summed E-state index contributed by atoms with van der Waals surface area (Å²) < 4.78 is 0. The molecule has 1 aliphatic rings. The van der Waals surface area contributed by atoms with E-state index in [9.17, 15) is 9.59 Å². The number of carbonyl (C=O) groups is 2. The lowest BCUT2D eigenvalue weighted by atomic mass is 10.1. The molecule has 5 heteroatoms. The van der Waals surface area contributed by atoms with Gasteiger partial charge in [0, 0.05) is 19.6 Å². The predicted molar refractivity (Wildman–Crippen MR) is 69.4 cm³/mol. The minimum atomic E-state index is -0.814. The van der Waals surface area contributed by atoms with Crippen molar-refractivity contribution in [1.29, 1.82) is 0 Å². The van der Waals surface area contributed by atoms with Crippen LogP contribution in [0.15, 0.2) is 0 Å². The van der Waals surface area contributed by atoms with Gasteiger partial charge >= 0.3 is 5.97 Å². The lowest BCUT2D eigenvalue weighted by molar-refractivity contribution is -0.140. The lowest BCUT2D eigenvalue weighted by Gasteiger charge is -2.33. The van der Waals surface area contributed by atoms with Crippen molar-refractivity contribution in [3.8, 4) is 0 Å². The third-order valence-corrected chi connectivity index (χ3v) is 3.59. The molecule has 0 aromatic heterocycles. The minimum absolute atomic E-state index is 0.0888. The molecule has 1 unspecified atom stereocenters. The molecule has 1 N–H and O–H groups in total. The van der Waals surface area contributed by atoms with Crippen LogP contribution in [-0.2, 0) is 9.59 Å². The fourth-order valence-corrected chi connectivity index (χ4v) is 2.40. The van der Waals surface area contributed by atoms with Crippen LogP contribution in [0.2, 0.25) is 0 Å². The van der Waals surface area contributed by atoms with E-state index in [0.29, 0.717) is 13.1 Å². The van der Waals surface area contributed by atoms with Crippen LogP contribution in [0.25, 0.3) is 0 Å². The van der Waals surface area contributed by atoms with Crippen molar-refractivity contribution >= 4 is 11.9 Å². The van der Waals surface area contributed by atoms with E-state index >= 15 is 0 Å². The van der Waals surface area contributed by atoms with E-state index in [1.54, 1.807) is 0 Å². The Bertz CT molecular complexity index is 288. The van der Waals surface area contributed by atoms with Gasteiger partial charge in [0.15, 0.2) is 0 Å². The van der Waals surface area contributed by atoms with Gasteiger partial charge in [0.05, 0.1) is 12.5 Å². The van der Waals surface area contributed by atoms with E-state index in [2.05, 4.69) is 0 Å². The van der Waals surface area contributed by atoms with Crippen molar-refractivity contribution < 1.29 is 14.7 Å². The first-order valence-corrected chi connectivity index (χ1v) is 6.81. The number of rotatable bonds is 6. The van der Waals surface area contributed by atoms with Crippen molar-refractivity contribution in [2.75, 3.05) is 26.2 Å². The summed E-state index contributed by atoms with van der Waals surface area (Å²) in [4.78, 5) is 26.7. The molecule has 18 heavy (non-hydrogen) atoms. The zero-order chi connectivity index (χ0) is 13.5. The first-order valence-electron chi connectivity index (χ1n) is 6.81. The fraction of sp³-hybridized carbons (Fsp3) is 0.846. The van der Waals surface area contributed by atoms with Gasteiger partial charge in [-0.25, -0.2) is 0 Å². The molecule has 1 atom stereocenters. The zero-order valence-electron chi connectivity index (χ0n) is 11.4. The second-order valence-electron chi connectivity index (χ2n) is 4.83. The number of likely N-dealkylation sites (N-methyl/N-ethyl adjacent to an activating group) is 1. The number of aliphatic carboxylic acids is 1. The Hall–Kier alpha value is -1.10. The maximum Gasteiger partial charge on any atom is 0.304 e. The van der Waals surface area contributed by atoms with Gasteiger partial charge in [-0.3, -0.25) is 14.5 Å². The molecule has 0 aromatic rings. The molecule has 104 valence electrons. The zero-order valence-corrected chi connectivity index (χ0v) is 11.4. The molecular formula is C13H24N2O3. The van der Waals surface area contributed by atoms with Crippen LogP contribution in [0.3, 0.4) is 0 Å². The molecule has 0 saturated carbocycles. The van der Waals surface area contributed by atoms with Crippen molar-refractivity contribution in [3.63, 3.8) is 0 Å². The summed E-state index contributed by atoms with van der Waals surface area (Å²) in [7, 11) is 0. The van der Waals surface area contributed by atoms with E-state index < -0.39 is 5.97 Å². The van der Waals surface area contributed by atoms with Crippen molar-refractivity contribution in [3.05, 3.63) is 0 Å². The SMILES string of the molecule is CCN(CCC(=O)O)C(C)C(=O)N1CCCCC1. The summed E-state index contributed by atoms with van der Waals surface area (Å²) in [5, 5.41) is 8.70. The number of hydrogen-bond acceptors (Lipinski definition) is 3. The van der Waals surface area contributed by atoms with Crippen LogP contribution in [0.5, 0.6) is 0 Å². The molecule has 0 aliphatic carbocycles. The van der Waals surface area contributed by atoms with Crippen molar-refractivity contribution in [2.24, 2.45) is 0 Å². The Balaban J connectivity index is 2.50. The van der Waals surface area contributed by atoms with E-state index in [0.717, 1.165) is 25.9 Å². The number of nitrogens with zero attached hydrogens (tertiary/aromatic N) is 2. The van der Waals surface area contributed by atoms with Gasteiger partial charge in [0.25, 0.3) is 0 Å². The van der Waals surface area contributed by atoms with Crippen LogP contribution in [0.1, 0.15) is 39.5 Å². The minimum Gasteiger partial charge on any atom is -0.481 e. The number of carboxylic acids is 1. The Labute approximate surface area is 109 Å². The van der Waals surface area contributed by atoms with Gasteiger partial charge in [-0.15, -0.1) is 0 Å². The third-order valence-electron chi connectivity index (χ3n) is 3.59. The number of hydrogen-bond donors (Lipinski definition) is 1. The molecule has 1 saturated heterocycles. The van der Waals surface area contributed by atoms with Gasteiger partial charge in [-0.05, 0) is 32.7 Å². The summed E-state index contributed by atoms with van der Waals surface area (Å²) >= 11 is 0. The van der Waals surface area contributed by atoms with Gasteiger partial charge in [-0.2, -0.15) is 0 Å². The molecule has 1 rings (SSSR count). The maximum absolute atomic E-state index is 12.3. The number of amides is 1. The molecule has 1 aliphatic heterocycles. The lowest BCUT2D eigenvalue weighted by Crippen LogP contribution is -2.49. The smallest absolute Gasteiger partial charge is 0.304 e. The first kappa shape index (κ1) is 15.0. The summed E-state index contributed by atoms with van der Waals surface area (Å²) in [6.07, 6.45) is 3.46. The van der Waals surface area contributed by atoms with Crippen LogP contribution in [0, 0.1) is 0 Å². The van der Waals surface area contributed by atoms with E-state index in [1.807, 2.05) is 23.6 Å². The third kappa shape index (κ3) is 4.29. The first-order chi connectivity index (χ1) is 8.56. The number of piperidine rings is 1. The van der Waals surface area contributed by atoms with Crippen LogP contribution < -0.4 is 0 Å². The fourth-order valence-electron chi connectivity index (χ4n) is 2.40. The molecule has 1 fully saturated rings. The van der Waals surface area contributed by atoms with Gasteiger partial charge < -0.3 is 10.0 Å². The van der Waals surface area contributed by atoms with Gasteiger partial charge in [0.2, 0.25) is 5.91 Å². The standard InChI is InChI=1S/C13H24N2O3/c1-3-14(10-7-12(16)17)11(2)13(18)15-8-5-4-6-9-15/h11H,3-10H2,1-2H3,(H,16,17). The van der Waals surface area contributed by atoms with Crippen LogP contribution in [0.4, 0.5) is 0 Å². The van der Waals surface area contributed by atoms with Crippen molar-refractivity contribution in [2.45, 2.75) is 45.6 Å².